The van der Waals surface area contributed by atoms with E-state index in [1.165, 1.54) is 12.1 Å². The van der Waals surface area contributed by atoms with Crippen LogP contribution in [0.3, 0.4) is 0 Å². The lowest BCUT2D eigenvalue weighted by Gasteiger charge is -2.20. The van der Waals surface area contributed by atoms with E-state index < -0.39 is 5.97 Å². The summed E-state index contributed by atoms with van der Waals surface area (Å²) in [5.41, 5.74) is 1.43. The number of nitrogens with zero attached hydrogens (tertiary/aromatic N) is 1. The fourth-order valence-corrected chi connectivity index (χ4v) is 2.13. The van der Waals surface area contributed by atoms with Crippen LogP contribution in [-0.2, 0) is 11.2 Å². The van der Waals surface area contributed by atoms with Crippen LogP contribution < -0.4 is 4.90 Å². The van der Waals surface area contributed by atoms with Gasteiger partial charge in [0, 0.05) is 18.8 Å². The van der Waals surface area contributed by atoms with Gasteiger partial charge in [-0.3, -0.25) is 4.79 Å². The van der Waals surface area contributed by atoms with Gasteiger partial charge in [0.2, 0.25) is 0 Å². The molecule has 1 N–H and O–H groups in total. The molecule has 2 rings (SSSR count). The number of carboxylic acids is 1. The van der Waals surface area contributed by atoms with Gasteiger partial charge in [-0.15, -0.1) is 0 Å². The van der Waals surface area contributed by atoms with Crippen molar-refractivity contribution >= 4 is 11.7 Å². The van der Waals surface area contributed by atoms with E-state index in [1.54, 1.807) is 6.07 Å². The molecule has 86 valence electrons. The molecule has 1 fully saturated rings. The number of hydrogen-bond donors (Lipinski definition) is 1. The van der Waals surface area contributed by atoms with Crippen molar-refractivity contribution in [2.45, 2.75) is 19.3 Å². The van der Waals surface area contributed by atoms with Crippen molar-refractivity contribution in [1.82, 2.24) is 0 Å². The maximum atomic E-state index is 13.1. The molecule has 0 radical (unpaired) electrons. The first-order chi connectivity index (χ1) is 7.66. The van der Waals surface area contributed by atoms with Gasteiger partial charge in [-0.2, -0.15) is 0 Å². The lowest BCUT2D eigenvalue weighted by atomic mass is 10.1. The van der Waals surface area contributed by atoms with E-state index >= 15 is 0 Å². The first kappa shape index (κ1) is 10.9. The fourth-order valence-electron chi connectivity index (χ4n) is 2.13. The van der Waals surface area contributed by atoms with E-state index in [0.717, 1.165) is 31.6 Å². The number of carboxylic acid groups (broad SMARTS) is 1. The molecule has 0 bridgehead atoms. The van der Waals surface area contributed by atoms with Gasteiger partial charge in [0.25, 0.3) is 0 Å². The molecule has 16 heavy (non-hydrogen) atoms. The lowest BCUT2D eigenvalue weighted by Crippen LogP contribution is -2.20. The topological polar surface area (TPSA) is 40.5 Å². The van der Waals surface area contributed by atoms with Crippen molar-refractivity contribution in [1.29, 1.82) is 0 Å². The minimum absolute atomic E-state index is 0.121. The molecule has 1 saturated heterocycles. The fraction of sp³-hybridized carbons (Fsp3) is 0.417. The molecule has 1 aliphatic heterocycles. The van der Waals surface area contributed by atoms with Crippen LogP contribution in [0.5, 0.6) is 0 Å². The maximum Gasteiger partial charge on any atom is 0.307 e. The average molecular weight is 223 g/mol. The van der Waals surface area contributed by atoms with Gasteiger partial charge in [0.1, 0.15) is 5.82 Å². The van der Waals surface area contributed by atoms with E-state index in [-0.39, 0.29) is 12.2 Å². The summed E-state index contributed by atoms with van der Waals surface area (Å²) in [6.45, 7) is 1.86. The SMILES string of the molecule is O=C(O)Cc1cc(F)ccc1N1CCCC1. The maximum absolute atomic E-state index is 13.1. The predicted octanol–water partition coefficient (Wildman–Crippen LogP) is 2.05. The molecule has 0 spiro atoms. The normalized spacial score (nSPS) is 15.4. The Morgan fingerprint density at radius 2 is 2.06 bits per heavy atom. The highest BCUT2D eigenvalue weighted by molar-refractivity contribution is 5.73. The van der Waals surface area contributed by atoms with Gasteiger partial charge in [-0.25, -0.2) is 4.39 Å². The molecule has 0 saturated carbocycles. The lowest BCUT2D eigenvalue weighted by molar-refractivity contribution is -0.136. The van der Waals surface area contributed by atoms with Gasteiger partial charge in [-0.1, -0.05) is 0 Å². The first-order valence-electron chi connectivity index (χ1n) is 5.42. The zero-order valence-corrected chi connectivity index (χ0v) is 8.95. The Labute approximate surface area is 93.5 Å². The average Bonchev–Trinajstić information content (AvgIpc) is 2.69. The summed E-state index contributed by atoms with van der Waals surface area (Å²) in [5.74, 6) is -1.30. The molecule has 0 atom stereocenters. The van der Waals surface area contributed by atoms with Gasteiger partial charge >= 0.3 is 5.97 Å². The molecule has 1 aromatic rings. The van der Waals surface area contributed by atoms with Gasteiger partial charge in [0.15, 0.2) is 0 Å². The second-order valence-electron chi connectivity index (χ2n) is 4.04. The van der Waals surface area contributed by atoms with E-state index in [4.69, 9.17) is 5.11 Å². The number of rotatable bonds is 3. The van der Waals surface area contributed by atoms with Crippen LogP contribution in [0.1, 0.15) is 18.4 Å². The highest BCUT2D eigenvalue weighted by atomic mass is 19.1. The third-order valence-corrected chi connectivity index (χ3v) is 2.83. The standard InChI is InChI=1S/C12H14FNO2/c13-10-3-4-11(14-5-1-2-6-14)9(7-10)8-12(15)16/h3-4,7H,1-2,5-6,8H2,(H,15,16). The summed E-state index contributed by atoms with van der Waals surface area (Å²) < 4.78 is 13.1. The quantitative estimate of drug-likeness (QED) is 0.852. The molecule has 0 aromatic heterocycles. The summed E-state index contributed by atoms with van der Waals surface area (Å²) in [6.07, 6.45) is 2.11. The van der Waals surface area contributed by atoms with Crippen molar-refractivity contribution in [3.8, 4) is 0 Å². The van der Waals surface area contributed by atoms with Crippen molar-refractivity contribution in [2.24, 2.45) is 0 Å². The van der Waals surface area contributed by atoms with Crippen LogP contribution >= 0.6 is 0 Å². The summed E-state index contributed by atoms with van der Waals surface area (Å²) >= 11 is 0. The Morgan fingerprint density at radius 3 is 2.69 bits per heavy atom. The Morgan fingerprint density at radius 1 is 1.38 bits per heavy atom. The van der Waals surface area contributed by atoms with Crippen molar-refractivity contribution in [3.63, 3.8) is 0 Å². The van der Waals surface area contributed by atoms with Gasteiger partial charge < -0.3 is 10.0 Å². The molecular formula is C12H14FNO2. The minimum Gasteiger partial charge on any atom is -0.481 e. The zero-order valence-electron chi connectivity index (χ0n) is 8.95. The molecule has 3 nitrogen and oxygen atoms in total. The van der Waals surface area contributed by atoms with E-state index in [9.17, 15) is 9.18 Å². The number of benzene rings is 1. The van der Waals surface area contributed by atoms with Crippen molar-refractivity contribution in [3.05, 3.63) is 29.6 Å². The number of anilines is 1. The van der Waals surface area contributed by atoms with Crippen LogP contribution in [0.15, 0.2) is 18.2 Å². The van der Waals surface area contributed by atoms with Crippen molar-refractivity contribution in [2.75, 3.05) is 18.0 Å². The van der Waals surface area contributed by atoms with Crippen molar-refractivity contribution < 1.29 is 14.3 Å². The van der Waals surface area contributed by atoms with Gasteiger partial charge in [-0.05, 0) is 36.6 Å². The number of halogens is 1. The molecule has 1 aromatic carbocycles. The second kappa shape index (κ2) is 4.51. The highest BCUT2D eigenvalue weighted by Gasteiger charge is 2.17. The Hall–Kier alpha value is -1.58. The largest absolute Gasteiger partial charge is 0.481 e. The summed E-state index contributed by atoms with van der Waals surface area (Å²) in [6, 6.07) is 4.39. The predicted molar refractivity (Wildman–Crippen MR) is 59.2 cm³/mol. The van der Waals surface area contributed by atoms with E-state index in [1.807, 2.05) is 0 Å². The zero-order chi connectivity index (χ0) is 11.5. The third kappa shape index (κ3) is 2.32. The van der Waals surface area contributed by atoms with Crippen LogP contribution in [0.4, 0.5) is 10.1 Å². The number of hydrogen-bond acceptors (Lipinski definition) is 2. The van der Waals surface area contributed by atoms with Crippen LogP contribution in [0, 0.1) is 5.82 Å². The first-order valence-corrected chi connectivity index (χ1v) is 5.42. The molecule has 0 amide bonds. The molecule has 1 aliphatic rings. The van der Waals surface area contributed by atoms with E-state index in [2.05, 4.69) is 4.90 Å². The summed E-state index contributed by atoms with van der Waals surface area (Å²) in [4.78, 5) is 12.8. The Bertz CT molecular complexity index is 400. The van der Waals surface area contributed by atoms with Crippen LogP contribution in [-0.4, -0.2) is 24.2 Å². The number of carbonyl (C=O) groups is 1. The Balaban J connectivity index is 2.30. The highest BCUT2D eigenvalue weighted by Crippen LogP contribution is 2.25. The third-order valence-electron chi connectivity index (χ3n) is 2.83. The second-order valence-corrected chi connectivity index (χ2v) is 4.04. The number of aliphatic carboxylic acids is 1. The molecular weight excluding hydrogens is 209 g/mol. The minimum atomic E-state index is -0.925. The molecule has 4 heteroatoms. The van der Waals surface area contributed by atoms with E-state index in [0.29, 0.717) is 5.56 Å². The van der Waals surface area contributed by atoms with Crippen LogP contribution in [0.25, 0.3) is 0 Å². The summed E-state index contributed by atoms with van der Waals surface area (Å²) in [7, 11) is 0. The molecule has 1 heterocycles. The van der Waals surface area contributed by atoms with Gasteiger partial charge in [0.05, 0.1) is 6.42 Å². The summed E-state index contributed by atoms with van der Waals surface area (Å²) in [5, 5.41) is 8.78. The monoisotopic (exact) mass is 223 g/mol. The molecule has 0 aliphatic carbocycles. The van der Waals surface area contributed by atoms with Crippen LogP contribution in [0.2, 0.25) is 0 Å². The smallest absolute Gasteiger partial charge is 0.307 e. The Kier molecular flexibility index (Phi) is 3.08. The molecule has 0 unspecified atom stereocenters.